The van der Waals surface area contributed by atoms with Gasteiger partial charge in [0.2, 0.25) is 0 Å². The predicted octanol–water partition coefficient (Wildman–Crippen LogP) is 3.27. The molecule has 4 heteroatoms. The van der Waals surface area contributed by atoms with Crippen LogP contribution >= 0.6 is 0 Å². The largest absolute Gasteiger partial charge is 0.266 e. The molecule has 0 unspecified atom stereocenters. The molecule has 0 aliphatic carbocycles. The first-order chi connectivity index (χ1) is 9.38. The van der Waals surface area contributed by atoms with E-state index in [1.54, 1.807) is 0 Å². The molecule has 2 aromatic heterocycles. The van der Waals surface area contributed by atoms with E-state index in [0.717, 1.165) is 16.9 Å². The minimum atomic E-state index is 0.133. The van der Waals surface area contributed by atoms with Gasteiger partial charge in [0.1, 0.15) is 0 Å². The van der Waals surface area contributed by atoms with Crippen LogP contribution in [-0.2, 0) is 19.5 Å². The summed E-state index contributed by atoms with van der Waals surface area (Å²) in [6.07, 6.45) is 1.82. The van der Waals surface area contributed by atoms with E-state index in [1.165, 1.54) is 10.9 Å². The molecule has 0 amide bonds. The van der Waals surface area contributed by atoms with Crippen molar-refractivity contribution in [3.63, 3.8) is 0 Å². The first kappa shape index (κ1) is 12.9. The van der Waals surface area contributed by atoms with Gasteiger partial charge in [0.15, 0.2) is 0 Å². The number of hydrogen-bond acceptors (Lipinski definition) is 2. The van der Waals surface area contributed by atoms with Crippen molar-refractivity contribution < 1.29 is 0 Å². The molecule has 3 rings (SSSR count). The van der Waals surface area contributed by atoms with Crippen LogP contribution < -0.4 is 0 Å². The van der Waals surface area contributed by atoms with Gasteiger partial charge in [-0.1, -0.05) is 26.8 Å². The number of fused-ring (bicyclic) bond motifs is 1. The Labute approximate surface area is 119 Å². The van der Waals surface area contributed by atoms with E-state index in [2.05, 4.69) is 49.2 Å². The highest BCUT2D eigenvalue weighted by molar-refractivity contribution is 5.93. The molecule has 0 aliphatic heterocycles. The van der Waals surface area contributed by atoms with Gasteiger partial charge in [-0.25, -0.2) is 0 Å². The maximum atomic E-state index is 4.61. The maximum Gasteiger partial charge on any atom is 0.0938 e. The van der Waals surface area contributed by atoms with Crippen LogP contribution in [0.5, 0.6) is 0 Å². The molecule has 104 valence electrons. The Hall–Kier alpha value is -2.10. The summed E-state index contributed by atoms with van der Waals surface area (Å²) >= 11 is 0. The van der Waals surface area contributed by atoms with Crippen molar-refractivity contribution >= 4 is 10.9 Å². The summed E-state index contributed by atoms with van der Waals surface area (Å²) in [4.78, 5) is 0. The molecule has 0 spiro atoms. The lowest BCUT2D eigenvalue weighted by Crippen LogP contribution is -2.10. The molecule has 0 saturated carbocycles. The fourth-order valence-corrected chi connectivity index (χ4v) is 2.58. The zero-order chi connectivity index (χ0) is 14.5. The van der Waals surface area contributed by atoms with Crippen molar-refractivity contribution in [1.82, 2.24) is 19.6 Å². The number of nitrogens with zero attached hydrogens (tertiary/aromatic N) is 4. The summed E-state index contributed by atoms with van der Waals surface area (Å²) in [5.74, 6) is 0. The lowest BCUT2D eigenvalue weighted by Gasteiger charge is -2.18. The summed E-state index contributed by atoms with van der Waals surface area (Å²) in [5.41, 5.74) is 4.68. The normalized spacial score (nSPS) is 12.2. The summed E-state index contributed by atoms with van der Waals surface area (Å²) in [6, 6.07) is 8.56. The molecule has 0 aliphatic rings. The molecule has 0 radical (unpaired) electrons. The average Bonchev–Trinajstić information content (AvgIpc) is 2.89. The number of aromatic nitrogens is 4. The van der Waals surface area contributed by atoms with E-state index in [0.29, 0.717) is 0 Å². The van der Waals surface area contributed by atoms with E-state index in [-0.39, 0.29) is 5.41 Å². The van der Waals surface area contributed by atoms with E-state index < -0.39 is 0 Å². The molecule has 3 aromatic rings. The fourth-order valence-electron chi connectivity index (χ4n) is 2.58. The van der Waals surface area contributed by atoms with Gasteiger partial charge in [0.05, 0.1) is 16.9 Å². The molecular formula is C16H20N4. The first-order valence-electron chi connectivity index (χ1n) is 6.83. The van der Waals surface area contributed by atoms with Crippen molar-refractivity contribution in [2.24, 2.45) is 14.1 Å². The Morgan fingerprint density at radius 1 is 1.00 bits per heavy atom. The van der Waals surface area contributed by atoms with Crippen LogP contribution in [0.2, 0.25) is 0 Å². The van der Waals surface area contributed by atoms with E-state index in [4.69, 9.17) is 0 Å². The Morgan fingerprint density at radius 3 is 2.35 bits per heavy atom. The zero-order valence-corrected chi connectivity index (χ0v) is 12.7. The minimum Gasteiger partial charge on any atom is -0.266 e. The number of aryl methyl sites for hydroxylation is 2. The average molecular weight is 268 g/mol. The van der Waals surface area contributed by atoms with Crippen LogP contribution in [0.3, 0.4) is 0 Å². The van der Waals surface area contributed by atoms with Gasteiger partial charge < -0.3 is 0 Å². The van der Waals surface area contributed by atoms with Crippen LogP contribution in [0.25, 0.3) is 22.3 Å². The third-order valence-corrected chi connectivity index (χ3v) is 3.76. The Kier molecular flexibility index (Phi) is 2.71. The molecule has 0 saturated heterocycles. The molecule has 0 atom stereocenters. The molecule has 0 fully saturated rings. The highest BCUT2D eigenvalue weighted by atomic mass is 15.3. The summed E-state index contributed by atoms with van der Waals surface area (Å²) in [5, 5.41) is 10.1. The fraction of sp³-hybridized carbons (Fsp3) is 0.375. The first-order valence-corrected chi connectivity index (χ1v) is 6.83. The van der Waals surface area contributed by atoms with Gasteiger partial charge in [-0.15, -0.1) is 0 Å². The number of benzene rings is 1. The second kappa shape index (κ2) is 4.20. The maximum absolute atomic E-state index is 4.61. The van der Waals surface area contributed by atoms with Crippen molar-refractivity contribution in [2.45, 2.75) is 26.2 Å². The minimum absolute atomic E-state index is 0.133. The van der Waals surface area contributed by atoms with E-state index >= 15 is 0 Å². The zero-order valence-electron chi connectivity index (χ0n) is 12.7. The second-order valence-corrected chi connectivity index (χ2v) is 6.29. The van der Waals surface area contributed by atoms with Gasteiger partial charge in [0.25, 0.3) is 0 Å². The van der Waals surface area contributed by atoms with Crippen molar-refractivity contribution in [1.29, 1.82) is 0 Å². The summed E-state index contributed by atoms with van der Waals surface area (Å²) in [6.45, 7) is 6.69. The van der Waals surface area contributed by atoms with Gasteiger partial charge >= 0.3 is 0 Å². The van der Waals surface area contributed by atoms with E-state index in [1.807, 2.05) is 35.7 Å². The molecule has 2 heterocycles. The third-order valence-electron chi connectivity index (χ3n) is 3.76. The van der Waals surface area contributed by atoms with E-state index in [9.17, 15) is 0 Å². The Morgan fingerprint density at radius 2 is 1.75 bits per heavy atom. The van der Waals surface area contributed by atoms with Gasteiger partial charge in [-0.05, 0) is 29.2 Å². The Balaban J connectivity index is 2.31. The van der Waals surface area contributed by atoms with Crippen molar-refractivity contribution in [3.8, 4) is 11.4 Å². The quantitative estimate of drug-likeness (QED) is 0.679. The molecule has 0 bridgehead atoms. The van der Waals surface area contributed by atoms with Crippen LogP contribution in [0.1, 0.15) is 26.3 Å². The smallest absolute Gasteiger partial charge is 0.0938 e. The summed E-state index contributed by atoms with van der Waals surface area (Å²) < 4.78 is 3.83. The summed E-state index contributed by atoms with van der Waals surface area (Å²) in [7, 11) is 3.95. The standard InChI is InChI=1S/C16H20N4/c1-16(2,3)11-6-7-13-12(10-11)15(20(5)18-13)14-8-9-17-19(14)4/h6-10H,1-5H3. The van der Waals surface area contributed by atoms with Crippen LogP contribution in [-0.4, -0.2) is 19.6 Å². The van der Waals surface area contributed by atoms with Crippen LogP contribution in [0.15, 0.2) is 30.5 Å². The SMILES string of the molecule is Cn1nccc1-c1c2cc(C(C)(C)C)ccc2nn1C. The highest BCUT2D eigenvalue weighted by Crippen LogP contribution is 2.31. The Bertz CT molecular complexity index is 771. The monoisotopic (exact) mass is 268 g/mol. The highest BCUT2D eigenvalue weighted by Gasteiger charge is 2.18. The number of hydrogen-bond donors (Lipinski definition) is 0. The molecule has 4 nitrogen and oxygen atoms in total. The lowest BCUT2D eigenvalue weighted by atomic mass is 9.86. The van der Waals surface area contributed by atoms with Gasteiger partial charge in [-0.3, -0.25) is 9.36 Å². The topological polar surface area (TPSA) is 35.6 Å². The van der Waals surface area contributed by atoms with Crippen molar-refractivity contribution in [2.75, 3.05) is 0 Å². The van der Waals surface area contributed by atoms with Crippen LogP contribution in [0, 0.1) is 0 Å². The second-order valence-electron chi connectivity index (χ2n) is 6.29. The van der Waals surface area contributed by atoms with Gasteiger partial charge in [-0.2, -0.15) is 10.2 Å². The lowest BCUT2D eigenvalue weighted by molar-refractivity contribution is 0.591. The van der Waals surface area contributed by atoms with Crippen LogP contribution in [0.4, 0.5) is 0 Å². The molecule has 1 aromatic carbocycles. The molecule has 0 N–H and O–H groups in total. The third kappa shape index (κ3) is 1.92. The predicted molar refractivity (Wildman–Crippen MR) is 81.6 cm³/mol. The number of rotatable bonds is 1. The van der Waals surface area contributed by atoms with Crippen molar-refractivity contribution in [3.05, 3.63) is 36.0 Å². The molecular weight excluding hydrogens is 248 g/mol. The van der Waals surface area contributed by atoms with Gasteiger partial charge in [0, 0.05) is 25.7 Å². The molecule has 20 heavy (non-hydrogen) atoms.